The molecule has 0 unspecified atom stereocenters. The van der Waals surface area contributed by atoms with Crippen molar-refractivity contribution in [1.29, 1.82) is 0 Å². The molecule has 43 valence electrons. The largest absolute Gasteiger partial charge is 2.00 e. The molecule has 0 saturated heterocycles. The normalized spacial score (nSPS) is 4.00. The summed E-state index contributed by atoms with van der Waals surface area (Å²) in [6.07, 6.45) is 0. The van der Waals surface area contributed by atoms with Crippen molar-refractivity contribution < 1.29 is 17.1 Å². The van der Waals surface area contributed by atoms with Crippen molar-refractivity contribution in [3.8, 4) is 0 Å². The van der Waals surface area contributed by atoms with E-state index in [-0.39, 0.29) is 17.1 Å². The van der Waals surface area contributed by atoms with Gasteiger partial charge in [0, 0.05) is 0 Å². The zero-order valence-electron chi connectivity index (χ0n) is 4.12. The molecule has 0 aromatic rings. The fourth-order valence-electron chi connectivity index (χ4n) is 0. The van der Waals surface area contributed by atoms with E-state index in [2.05, 4.69) is 19.6 Å². The van der Waals surface area contributed by atoms with Crippen LogP contribution in [0.25, 0.3) is 0 Å². The molecule has 0 fully saturated rings. The van der Waals surface area contributed by atoms with Gasteiger partial charge in [0.25, 0.3) is 0 Å². The topological polar surface area (TPSA) is 0 Å². The van der Waals surface area contributed by atoms with Crippen LogP contribution >= 0.6 is 0 Å². The standard InChI is InChI=1S/C2H6S.C2H5.Cu/c1-2-3;1-2;/h3H,2H2,1H3;1H2,2H3;/q;-1;+2/p-1. The van der Waals surface area contributed by atoms with Crippen LogP contribution in [0, 0.1) is 6.92 Å². The molecular formula is C4H10CuS. The second-order valence-electron chi connectivity index (χ2n) is 0.289. The van der Waals surface area contributed by atoms with E-state index >= 15 is 0 Å². The van der Waals surface area contributed by atoms with Gasteiger partial charge in [-0.3, -0.25) is 0 Å². The summed E-state index contributed by atoms with van der Waals surface area (Å²) in [6.45, 7) is 6.94. The van der Waals surface area contributed by atoms with Crippen LogP contribution in [-0.4, -0.2) is 5.75 Å². The second-order valence-corrected chi connectivity index (χ2v) is 0.866. The van der Waals surface area contributed by atoms with Crippen molar-refractivity contribution in [3.05, 3.63) is 6.92 Å². The first-order valence-corrected chi connectivity index (χ1v) is 2.28. The number of hydrogen-bond acceptors (Lipinski definition) is 1. The smallest absolute Gasteiger partial charge is 0.793 e. The van der Waals surface area contributed by atoms with Crippen LogP contribution in [0.4, 0.5) is 0 Å². The maximum Gasteiger partial charge on any atom is 2.00 e. The molecule has 0 aromatic heterocycles. The first-order chi connectivity index (χ1) is 2.41. The van der Waals surface area contributed by atoms with Gasteiger partial charge in [0.15, 0.2) is 0 Å². The van der Waals surface area contributed by atoms with Crippen molar-refractivity contribution >= 4 is 12.6 Å². The molecule has 0 aliphatic rings. The van der Waals surface area contributed by atoms with E-state index in [1.54, 1.807) is 6.92 Å². The van der Waals surface area contributed by atoms with Crippen molar-refractivity contribution in [1.82, 2.24) is 0 Å². The molecule has 1 radical (unpaired) electrons. The van der Waals surface area contributed by atoms with Gasteiger partial charge in [-0.15, -0.1) is 0 Å². The molecule has 0 bridgehead atoms. The summed E-state index contributed by atoms with van der Waals surface area (Å²) in [5, 5.41) is 0. The zero-order valence-corrected chi connectivity index (χ0v) is 5.88. The molecular weight excluding hydrogens is 144 g/mol. The molecule has 0 amide bonds. The molecule has 0 atom stereocenters. The minimum Gasteiger partial charge on any atom is -0.793 e. The summed E-state index contributed by atoms with van der Waals surface area (Å²) in [4.78, 5) is 0. The second kappa shape index (κ2) is 39.8. The quantitative estimate of drug-likeness (QED) is 0.288. The molecule has 6 heavy (non-hydrogen) atoms. The van der Waals surface area contributed by atoms with Crippen LogP contribution in [-0.2, 0) is 29.7 Å². The Balaban J connectivity index is -0.0000000275. The van der Waals surface area contributed by atoms with Crippen molar-refractivity contribution in [3.63, 3.8) is 0 Å². The third-order valence-corrected chi connectivity index (χ3v) is 0. The molecule has 0 aliphatic heterocycles. The maximum atomic E-state index is 4.39. The molecule has 0 spiro atoms. The summed E-state index contributed by atoms with van der Waals surface area (Å²) in [6, 6.07) is 0. The van der Waals surface area contributed by atoms with Crippen molar-refractivity contribution in [2.45, 2.75) is 13.8 Å². The van der Waals surface area contributed by atoms with Crippen molar-refractivity contribution in [2.75, 3.05) is 5.75 Å². The Morgan fingerprint density at radius 3 is 1.50 bits per heavy atom. The van der Waals surface area contributed by atoms with Gasteiger partial charge in [-0.25, -0.2) is 0 Å². The number of hydrogen-bond donors (Lipinski definition) is 0. The predicted octanol–water partition coefficient (Wildman–Crippen LogP) is 1.39. The minimum absolute atomic E-state index is 0. The number of rotatable bonds is 0. The molecule has 0 aliphatic carbocycles. The minimum atomic E-state index is 0. The average molecular weight is 154 g/mol. The SMILES string of the molecule is CC[S-].[CH2-]C.[Cu+2]. The van der Waals surface area contributed by atoms with Crippen LogP contribution in [0.5, 0.6) is 0 Å². The molecule has 0 nitrogen and oxygen atoms in total. The van der Waals surface area contributed by atoms with E-state index in [9.17, 15) is 0 Å². The van der Waals surface area contributed by atoms with Gasteiger partial charge >= 0.3 is 17.1 Å². The summed E-state index contributed by atoms with van der Waals surface area (Å²) >= 11 is 4.39. The molecule has 2 heteroatoms. The van der Waals surface area contributed by atoms with Crippen LogP contribution in [0.1, 0.15) is 13.8 Å². The molecule has 0 rings (SSSR count). The van der Waals surface area contributed by atoms with Crippen LogP contribution in [0.2, 0.25) is 0 Å². The Bertz CT molecular complexity index is 7.51. The van der Waals surface area contributed by atoms with Gasteiger partial charge in [-0.05, 0) is 0 Å². The van der Waals surface area contributed by atoms with E-state index in [1.807, 2.05) is 6.92 Å². The van der Waals surface area contributed by atoms with Gasteiger partial charge in [-0.2, -0.15) is 12.7 Å². The van der Waals surface area contributed by atoms with Gasteiger partial charge in [0.2, 0.25) is 0 Å². The first kappa shape index (κ1) is 15.8. The van der Waals surface area contributed by atoms with E-state index in [0.717, 1.165) is 5.75 Å². The molecule has 0 saturated carbocycles. The Morgan fingerprint density at radius 1 is 1.50 bits per heavy atom. The first-order valence-electron chi connectivity index (χ1n) is 1.70. The third-order valence-electron chi connectivity index (χ3n) is 0. The molecule has 0 heterocycles. The fraction of sp³-hybridized carbons (Fsp3) is 0.750. The monoisotopic (exact) mass is 153 g/mol. The zero-order chi connectivity index (χ0) is 4.71. The Kier molecular flexibility index (Phi) is 105. The summed E-state index contributed by atoms with van der Waals surface area (Å²) < 4.78 is 0. The van der Waals surface area contributed by atoms with E-state index in [1.165, 1.54) is 0 Å². The fourth-order valence-corrected chi connectivity index (χ4v) is 0. The average Bonchev–Trinajstić information content (AvgIpc) is 1.46. The predicted molar refractivity (Wildman–Crippen MR) is 28.9 cm³/mol. The van der Waals surface area contributed by atoms with E-state index in [0.29, 0.717) is 0 Å². The van der Waals surface area contributed by atoms with Gasteiger partial charge in [-0.1, -0.05) is 6.92 Å². The van der Waals surface area contributed by atoms with Crippen LogP contribution in [0.3, 0.4) is 0 Å². The Hall–Kier alpha value is 0.869. The summed E-state index contributed by atoms with van der Waals surface area (Å²) in [7, 11) is 0. The molecule has 0 N–H and O–H groups in total. The van der Waals surface area contributed by atoms with Gasteiger partial charge in [0.1, 0.15) is 0 Å². The van der Waals surface area contributed by atoms with Crippen LogP contribution < -0.4 is 0 Å². The van der Waals surface area contributed by atoms with Gasteiger partial charge in [0.05, 0.1) is 0 Å². The van der Waals surface area contributed by atoms with E-state index in [4.69, 9.17) is 0 Å². The summed E-state index contributed by atoms with van der Waals surface area (Å²) in [5.41, 5.74) is 0. The van der Waals surface area contributed by atoms with Crippen molar-refractivity contribution in [2.24, 2.45) is 0 Å². The third kappa shape index (κ3) is 96.4. The van der Waals surface area contributed by atoms with Crippen LogP contribution in [0.15, 0.2) is 0 Å². The van der Waals surface area contributed by atoms with Gasteiger partial charge < -0.3 is 19.6 Å². The van der Waals surface area contributed by atoms with E-state index < -0.39 is 0 Å². The maximum absolute atomic E-state index is 4.39. The molecule has 0 aromatic carbocycles. The summed E-state index contributed by atoms with van der Waals surface area (Å²) in [5.74, 6) is 0.833. The Labute approximate surface area is 56.6 Å². The Morgan fingerprint density at radius 2 is 1.50 bits per heavy atom.